The van der Waals surface area contributed by atoms with Gasteiger partial charge in [0.05, 0.1) is 13.0 Å². The topological polar surface area (TPSA) is 87.7 Å². The number of hydrogen-bond donors (Lipinski definition) is 2. The molecule has 3 rings (SSSR count). The predicted molar refractivity (Wildman–Crippen MR) is 105 cm³/mol. The molecule has 0 aliphatic carbocycles. The second-order valence-corrected chi connectivity index (χ2v) is 7.59. The summed E-state index contributed by atoms with van der Waals surface area (Å²) < 4.78 is 5.41. The Morgan fingerprint density at radius 3 is 2.64 bits per heavy atom. The number of benzene rings is 1. The van der Waals surface area contributed by atoms with Crippen LogP contribution >= 0.6 is 0 Å². The molecule has 2 fully saturated rings. The molecule has 0 radical (unpaired) electrons. The molecule has 152 valence electrons. The van der Waals surface area contributed by atoms with E-state index in [0.29, 0.717) is 29.2 Å². The molecule has 0 spiro atoms. The van der Waals surface area contributed by atoms with Crippen molar-refractivity contribution in [2.24, 2.45) is 5.92 Å². The van der Waals surface area contributed by atoms with Crippen LogP contribution in [-0.2, 0) is 9.59 Å². The first kappa shape index (κ1) is 20.3. The number of piperidine rings is 2. The van der Waals surface area contributed by atoms with Gasteiger partial charge in [0.1, 0.15) is 5.75 Å². The summed E-state index contributed by atoms with van der Waals surface area (Å²) in [7, 11) is 3.50. The van der Waals surface area contributed by atoms with Gasteiger partial charge in [-0.2, -0.15) is 0 Å². The number of carbonyl (C=O) groups is 3. The highest BCUT2D eigenvalue weighted by Crippen LogP contribution is 2.33. The fourth-order valence-electron chi connectivity index (χ4n) is 4.09. The predicted octanol–water partition coefficient (Wildman–Crippen LogP) is 1.68. The number of nitrogens with zero attached hydrogens (tertiary/aromatic N) is 1. The maximum absolute atomic E-state index is 13.0. The summed E-state index contributed by atoms with van der Waals surface area (Å²) in [6.07, 6.45) is 3.89. The highest BCUT2D eigenvalue weighted by atomic mass is 16.5. The molecule has 1 unspecified atom stereocenters. The van der Waals surface area contributed by atoms with Crippen molar-refractivity contribution < 1.29 is 19.1 Å². The summed E-state index contributed by atoms with van der Waals surface area (Å²) in [5, 5.41) is 5.56. The van der Waals surface area contributed by atoms with Gasteiger partial charge in [-0.25, -0.2) is 0 Å². The van der Waals surface area contributed by atoms with Gasteiger partial charge in [-0.1, -0.05) is 0 Å². The molecule has 2 heterocycles. The van der Waals surface area contributed by atoms with Gasteiger partial charge in [0.2, 0.25) is 11.8 Å². The van der Waals surface area contributed by atoms with Gasteiger partial charge in [-0.3, -0.25) is 19.7 Å². The van der Waals surface area contributed by atoms with Crippen LogP contribution in [0.5, 0.6) is 5.75 Å². The van der Waals surface area contributed by atoms with Crippen molar-refractivity contribution in [2.75, 3.05) is 33.8 Å². The Morgan fingerprint density at radius 2 is 2.00 bits per heavy atom. The van der Waals surface area contributed by atoms with E-state index in [4.69, 9.17) is 4.74 Å². The Hall–Kier alpha value is -2.41. The van der Waals surface area contributed by atoms with E-state index in [9.17, 15) is 14.4 Å². The minimum Gasteiger partial charge on any atom is -0.496 e. The molecule has 0 bridgehead atoms. The van der Waals surface area contributed by atoms with E-state index in [1.165, 1.54) is 0 Å². The summed E-state index contributed by atoms with van der Waals surface area (Å²) in [6.45, 7) is 2.52. The van der Waals surface area contributed by atoms with E-state index >= 15 is 0 Å². The molecule has 3 amide bonds. The molecule has 1 aromatic rings. The fraction of sp³-hybridized carbons (Fsp3) is 0.571. The smallest absolute Gasteiger partial charge is 0.253 e. The van der Waals surface area contributed by atoms with E-state index < -0.39 is 5.92 Å². The molecule has 0 saturated carbocycles. The lowest BCUT2D eigenvalue weighted by Gasteiger charge is -2.32. The van der Waals surface area contributed by atoms with Crippen molar-refractivity contribution in [3.8, 4) is 5.75 Å². The summed E-state index contributed by atoms with van der Waals surface area (Å²) in [5.74, 6) is 0.150. The van der Waals surface area contributed by atoms with Crippen molar-refractivity contribution in [1.29, 1.82) is 0 Å². The van der Waals surface area contributed by atoms with Crippen molar-refractivity contribution in [3.05, 3.63) is 29.3 Å². The molecule has 2 saturated heterocycles. The summed E-state index contributed by atoms with van der Waals surface area (Å²) >= 11 is 0. The largest absolute Gasteiger partial charge is 0.496 e. The number of nitrogens with one attached hydrogen (secondary N) is 2. The van der Waals surface area contributed by atoms with Crippen molar-refractivity contribution in [1.82, 2.24) is 15.5 Å². The lowest BCUT2D eigenvalue weighted by Crippen LogP contribution is -2.40. The maximum Gasteiger partial charge on any atom is 0.253 e. The average molecular weight is 387 g/mol. The Kier molecular flexibility index (Phi) is 6.67. The number of methoxy groups -OCH3 is 1. The van der Waals surface area contributed by atoms with Crippen LogP contribution in [0.4, 0.5) is 0 Å². The summed E-state index contributed by atoms with van der Waals surface area (Å²) in [4.78, 5) is 38.6. The Morgan fingerprint density at radius 1 is 1.25 bits per heavy atom. The molecular formula is C21H29N3O4. The molecule has 0 aromatic heterocycles. The van der Waals surface area contributed by atoms with Crippen LogP contribution in [0.3, 0.4) is 0 Å². The maximum atomic E-state index is 13.0. The number of hydrogen-bond acceptors (Lipinski definition) is 5. The zero-order valence-corrected chi connectivity index (χ0v) is 16.6. The quantitative estimate of drug-likeness (QED) is 0.725. The standard InChI is InChI=1S/C21H29N3O4/c1-22-10-7-14-8-11-24(12-9-14)21(27)15-3-5-18(28-2)17(13-15)16-4-6-19(25)23-20(16)26/h3,5,13-14,16,22H,4,6-12H2,1-2H3,(H,23,25,26). The van der Waals surface area contributed by atoms with Gasteiger partial charge in [-0.15, -0.1) is 0 Å². The highest BCUT2D eigenvalue weighted by Gasteiger charge is 2.31. The van der Waals surface area contributed by atoms with Crippen molar-refractivity contribution >= 4 is 17.7 Å². The fourth-order valence-corrected chi connectivity index (χ4v) is 4.09. The number of imide groups is 1. The normalized spacial score (nSPS) is 20.8. The average Bonchev–Trinajstić information content (AvgIpc) is 2.71. The third kappa shape index (κ3) is 4.52. The second kappa shape index (κ2) is 9.19. The van der Waals surface area contributed by atoms with Gasteiger partial charge in [0, 0.05) is 30.6 Å². The van der Waals surface area contributed by atoms with E-state index in [-0.39, 0.29) is 24.1 Å². The molecule has 2 aliphatic heterocycles. The van der Waals surface area contributed by atoms with Crippen LogP contribution in [0, 0.1) is 5.92 Å². The van der Waals surface area contributed by atoms with E-state index in [1.807, 2.05) is 11.9 Å². The first-order chi connectivity index (χ1) is 13.5. The monoisotopic (exact) mass is 387 g/mol. The Labute approximate surface area is 165 Å². The second-order valence-electron chi connectivity index (χ2n) is 7.59. The number of carbonyl (C=O) groups excluding carboxylic acids is 3. The van der Waals surface area contributed by atoms with Gasteiger partial charge >= 0.3 is 0 Å². The van der Waals surface area contributed by atoms with Gasteiger partial charge in [0.25, 0.3) is 5.91 Å². The molecular weight excluding hydrogens is 358 g/mol. The van der Waals surface area contributed by atoms with Crippen LogP contribution in [0.15, 0.2) is 18.2 Å². The SMILES string of the molecule is CNCCC1CCN(C(=O)c2ccc(OC)c(C3CCC(=O)NC3=O)c2)CC1. The number of amides is 3. The third-order valence-corrected chi connectivity index (χ3v) is 5.80. The zero-order chi connectivity index (χ0) is 20.1. The van der Waals surface area contributed by atoms with Gasteiger partial charge < -0.3 is 15.0 Å². The molecule has 2 aliphatic rings. The first-order valence-corrected chi connectivity index (χ1v) is 9.99. The highest BCUT2D eigenvalue weighted by molar-refractivity contribution is 6.02. The van der Waals surface area contributed by atoms with Crippen LogP contribution in [0.1, 0.15) is 53.9 Å². The lowest BCUT2D eigenvalue weighted by atomic mass is 9.88. The van der Waals surface area contributed by atoms with Gasteiger partial charge in [0.15, 0.2) is 0 Å². The lowest BCUT2D eigenvalue weighted by molar-refractivity contribution is -0.134. The summed E-state index contributed by atoms with van der Waals surface area (Å²) in [6, 6.07) is 5.25. The van der Waals surface area contributed by atoms with Crippen LogP contribution in [-0.4, -0.2) is 56.4 Å². The first-order valence-electron chi connectivity index (χ1n) is 9.99. The molecule has 7 heteroatoms. The minimum absolute atomic E-state index is 0.0109. The molecule has 28 heavy (non-hydrogen) atoms. The van der Waals surface area contributed by atoms with Crippen molar-refractivity contribution in [3.63, 3.8) is 0 Å². The minimum atomic E-state index is -0.479. The summed E-state index contributed by atoms with van der Waals surface area (Å²) in [5.41, 5.74) is 1.23. The number of likely N-dealkylation sites (tertiary alicyclic amines) is 1. The molecule has 1 aromatic carbocycles. The zero-order valence-electron chi connectivity index (χ0n) is 16.6. The number of rotatable bonds is 6. The Balaban J connectivity index is 1.73. The number of ether oxygens (including phenoxy) is 1. The molecule has 1 atom stereocenters. The van der Waals surface area contributed by atoms with E-state index in [2.05, 4.69) is 10.6 Å². The molecule has 7 nitrogen and oxygen atoms in total. The van der Waals surface area contributed by atoms with Crippen LogP contribution < -0.4 is 15.4 Å². The van der Waals surface area contributed by atoms with Crippen LogP contribution in [0.2, 0.25) is 0 Å². The third-order valence-electron chi connectivity index (χ3n) is 5.80. The van der Waals surface area contributed by atoms with Crippen molar-refractivity contribution in [2.45, 2.75) is 38.0 Å². The Bertz CT molecular complexity index is 741. The van der Waals surface area contributed by atoms with Crippen LogP contribution in [0.25, 0.3) is 0 Å². The van der Waals surface area contributed by atoms with Gasteiger partial charge in [-0.05, 0) is 63.4 Å². The molecule has 2 N–H and O–H groups in total. The van der Waals surface area contributed by atoms with E-state index in [1.54, 1.807) is 25.3 Å². The van der Waals surface area contributed by atoms with E-state index in [0.717, 1.165) is 38.9 Å².